The Morgan fingerprint density at radius 1 is 1.38 bits per heavy atom. The van der Waals surface area contributed by atoms with Gasteiger partial charge in [-0.25, -0.2) is 0 Å². The maximum Gasteiger partial charge on any atom is 0.224 e. The highest BCUT2D eigenvalue weighted by atomic mass is 16.1. The van der Waals surface area contributed by atoms with E-state index in [1.54, 1.807) is 6.20 Å². The van der Waals surface area contributed by atoms with Crippen molar-refractivity contribution in [3.8, 4) is 0 Å². The number of primary amides is 1. The molecule has 0 radical (unpaired) electrons. The third-order valence-corrected chi connectivity index (χ3v) is 4.40. The van der Waals surface area contributed by atoms with Crippen LogP contribution >= 0.6 is 0 Å². The van der Waals surface area contributed by atoms with Crippen molar-refractivity contribution >= 4 is 22.6 Å². The number of H-pyrrole nitrogens is 1. The molecule has 1 saturated heterocycles. The van der Waals surface area contributed by atoms with Crippen LogP contribution in [-0.4, -0.2) is 41.2 Å². The summed E-state index contributed by atoms with van der Waals surface area (Å²) in [6.07, 6.45) is 2.47. The second-order valence-corrected chi connectivity index (χ2v) is 6.06. The molecule has 0 aliphatic carbocycles. The average molecular weight is 285 g/mol. The molecule has 21 heavy (non-hydrogen) atoms. The molecule has 0 spiro atoms. The smallest absolute Gasteiger partial charge is 0.224 e. The van der Waals surface area contributed by atoms with Crippen molar-refractivity contribution in [2.45, 2.75) is 13.3 Å². The molecule has 3 rings (SSSR count). The van der Waals surface area contributed by atoms with Gasteiger partial charge in [-0.3, -0.25) is 14.5 Å². The fourth-order valence-electron chi connectivity index (χ4n) is 2.98. The van der Waals surface area contributed by atoms with Gasteiger partial charge in [-0.2, -0.15) is 0 Å². The van der Waals surface area contributed by atoms with Crippen molar-refractivity contribution < 1.29 is 9.59 Å². The first kappa shape index (κ1) is 13.8. The van der Waals surface area contributed by atoms with Gasteiger partial charge >= 0.3 is 0 Å². The molecular formula is C16H19N3O2. The fourth-order valence-corrected chi connectivity index (χ4v) is 2.98. The molecule has 3 N–H and O–H groups in total. The summed E-state index contributed by atoms with van der Waals surface area (Å²) < 4.78 is 0. The highest BCUT2D eigenvalue weighted by Crippen LogP contribution is 2.29. The lowest BCUT2D eigenvalue weighted by Crippen LogP contribution is -2.38. The van der Waals surface area contributed by atoms with Crippen molar-refractivity contribution in [2.24, 2.45) is 11.1 Å². The van der Waals surface area contributed by atoms with Gasteiger partial charge in [0.05, 0.1) is 12.0 Å². The Morgan fingerprint density at radius 3 is 2.86 bits per heavy atom. The van der Waals surface area contributed by atoms with Gasteiger partial charge in [0, 0.05) is 29.2 Å². The van der Waals surface area contributed by atoms with Crippen molar-refractivity contribution in [2.75, 3.05) is 19.6 Å². The predicted octanol–water partition coefficient (Wildman–Crippen LogP) is 1.55. The van der Waals surface area contributed by atoms with Crippen LogP contribution in [0.4, 0.5) is 0 Å². The third kappa shape index (κ3) is 2.45. The molecule has 1 aromatic heterocycles. The molecule has 1 atom stereocenters. The summed E-state index contributed by atoms with van der Waals surface area (Å²) in [6.45, 7) is 3.47. The molecule has 1 unspecified atom stereocenters. The first-order chi connectivity index (χ1) is 9.99. The first-order valence-corrected chi connectivity index (χ1v) is 7.11. The van der Waals surface area contributed by atoms with E-state index in [1.165, 1.54) is 0 Å². The van der Waals surface area contributed by atoms with E-state index in [9.17, 15) is 9.59 Å². The quantitative estimate of drug-likeness (QED) is 0.836. The molecule has 2 heterocycles. The van der Waals surface area contributed by atoms with Gasteiger partial charge in [0.15, 0.2) is 5.78 Å². The Bertz CT molecular complexity index is 706. The summed E-state index contributed by atoms with van der Waals surface area (Å²) in [6, 6.07) is 7.75. The molecule has 1 amide bonds. The Hall–Kier alpha value is -2.14. The van der Waals surface area contributed by atoms with Crippen molar-refractivity contribution in [1.29, 1.82) is 0 Å². The van der Waals surface area contributed by atoms with Gasteiger partial charge in [0.25, 0.3) is 0 Å². The van der Waals surface area contributed by atoms with E-state index in [2.05, 4.69) is 4.98 Å². The Kier molecular flexibility index (Phi) is 3.29. The largest absolute Gasteiger partial charge is 0.369 e. The Morgan fingerprint density at radius 2 is 2.14 bits per heavy atom. The number of likely N-dealkylation sites (tertiary alicyclic amines) is 1. The zero-order valence-electron chi connectivity index (χ0n) is 12.1. The number of fused-ring (bicyclic) bond motifs is 1. The monoisotopic (exact) mass is 285 g/mol. The lowest BCUT2D eigenvalue weighted by molar-refractivity contribution is -0.126. The zero-order valence-corrected chi connectivity index (χ0v) is 12.1. The third-order valence-electron chi connectivity index (χ3n) is 4.40. The van der Waals surface area contributed by atoms with Crippen LogP contribution in [-0.2, 0) is 4.79 Å². The highest BCUT2D eigenvalue weighted by molar-refractivity contribution is 6.08. The van der Waals surface area contributed by atoms with Gasteiger partial charge in [0.1, 0.15) is 0 Å². The second kappa shape index (κ2) is 5.00. The van der Waals surface area contributed by atoms with Gasteiger partial charge < -0.3 is 10.7 Å². The van der Waals surface area contributed by atoms with E-state index < -0.39 is 5.41 Å². The Balaban J connectivity index is 1.74. The minimum absolute atomic E-state index is 0.0705. The van der Waals surface area contributed by atoms with Crippen molar-refractivity contribution in [3.05, 3.63) is 36.0 Å². The van der Waals surface area contributed by atoms with Crippen LogP contribution in [0, 0.1) is 5.41 Å². The second-order valence-electron chi connectivity index (χ2n) is 6.06. The van der Waals surface area contributed by atoms with E-state index in [4.69, 9.17) is 5.73 Å². The van der Waals surface area contributed by atoms with Gasteiger partial charge in [-0.1, -0.05) is 18.2 Å². The van der Waals surface area contributed by atoms with E-state index in [0.29, 0.717) is 25.1 Å². The maximum absolute atomic E-state index is 12.5. The van der Waals surface area contributed by atoms with E-state index >= 15 is 0 Å². The number of para-hydroxylation sites is 1. The normalized spacial score (nSPS) is 22.7. The van der Waals surface area contributed by atoms with Crippen LogP contribution in [0.5, 0.6) is 0 Å². The molecule has 1 aliphatic rings. The number of carbonyl (C=O) groups excluding carboxylic acids is 2. The number of nitrogens with two attached hydrogens (primary N) is 1. The highest BCUT2D eigenvalue weighted by Gasteiger charge is 2.39. The number of hydrogen-bond acceptors (Lipinski definition) is 3. The SMILES string of the molecule is CC1(C(N)=O)CCN(CC(=O)c2c[nH]c3ccccc23)C1. The van der Waals surface area contributed by atoms with E-state index in [1.807, 2.05) is 36.1 Å². The lowest BCUT2D eigenvalue weighted by Gasteiger charge is -2.20. The topological polar surface area (TPSA) is 79.2 Å². The van der Waals surface area contributed by atoms with Crippen LogP contribution in [0.15, 0.2) is 30.5 Å². The Labute approximate surface area is 123 Å². The van der Waals surface area contributed by atoms with Crippen LogP contribution in [0.25, 0.3) is 10.9 Å². The van der Waals surface area contributed by atoms with E-state index in [0.717, 1.165) is 17.4 Å². The number of nitrogens with one attached hydrogen (secondary N) is 1. The molecule has 5 heteroatoms. The molecule has 2 aromatic rings. The zero-order chi connectivity index (χ0) is 15.0. The van der Waals surface area contributed by atoms with Gasteiger partial charge in [-0.05, 0) is 26.0 Å². The van der Waals surface area contributed by atoms with Crippen LogP contribution < -0.4 is 5.73 Å². The summed E-state index contributed by atoms with van der Waals surface area (Å²) >= 11 is 0. The number of carbonyl (C=O) groups is 2. The molecule has 0 bridgehead atoms. The van der Waals surface area contributed by atoms with Gasteiger partial charge in [0.2, 0.25) is 5.91 Å². The minimum Gasteiger partial charge on any atom is -0.369 e. The molecule has 1 fully saturated rings. The number of hydrogen-bond donors (Lipinski definition) is 2. The average Bonchev–Trinajstić information content (AvgIpc) is 3.03. The maximum atomic E-state index is 12.5. The minimum atomic E-state index is -0.513. The molecule has 0 saturated carbocycles. The lowest BCUT2D eigenvalue weighted by atomic mass is 9.89. The predicted molar refractivity (Wildman–Crippen MR) is 81.0 cm³/mol. The molecule has 1 aromatic carbocycles. The molecule has 110 valence electrons. The summed E-state index contributed by atoms with van der Waals surface area (Å²) in [7, 11) is 0. The number of Topliss-reactive ketones (excluding diaryl/α,β-unsaturated/α-hetero) is 1. The number of benzene rings is 1. The van der Waals surface area contributed by atoms with Crippen molar-refractivity contribution in [3.63, 3.8) is 0 Å². The fraction of sp³-hybridized carbons (Fsp3) is 0.375. The number of amides is 1. The molecule has 5 nitrogen and oxygen atoms in total. The summed E-state index contributed by atoms with van der Waals surface area (Å²) in [5.41, 5.74) is 6.59. The summed E-state index contributed by atoms with van der Waals surface area (Å²) in [4.78, 5) is 29.1. The summed E-state index contributed by atoms with van der Waals surface area (Å²) in [5, 5.41) is 0.944. The van der Waals surface area contributed by atoms with Crippen LogP contribution in [0.3, 0.4) is 0 Å². The van der Waals surface area contributed by atoms with Crippen molar-refractivity contribution in [1.82, 2.24) is 9.88 Å². The standard InChI is InChI=1S/C16H19N3O2/c1-16(15(17)21)6-7-19(10-16)9-14(20)12-8-18-13-5-3-2-4-11(12)13/h2-5,8,18H,6-7,9-10H2,1H3,(H2,17,21). The summed E-state index contributed by atoms with van der Waals surface area (Å²) in [5.74, 6) is -0.217. The van der Waals surface area contributed by atoms with Crippen LogP contribution in [0.2, 0.25) is 0 Å². The molecular weight excluding hydrogens is 266 g/mol. The van der Waals surface area contributed by atoms with E-state index in [-0.39, 0.29) is 11.7 Å². The number of aromatic amines is 1. The van der Waals surface area contributed by atoms with Gasteiger partial charge in [-0.15, -0.1) is 0 Å². The number of nitrogens with zero attached hydrogens (tertiary/aromatic N) is 1. The number of rotatable bonds is 4. The number of ketones is 1. The molecule has 1 aliphatic heterocycles. The first-order valence-electron chi connectivity index (χ1n) is 7.11. The van der Waals surface area contributed by atoms with Crippen LogP contribution in [0.1, 0.15) is 23.7 Å². The number of aromatic nitrogens is 1.